The van der Waals surface area contributed by atoms with Crippen LogP contribution in [0.4, 0.5) is 11.5 Å². The summed E-state index contributed by atoms with van der Waals surface area (Å²) in [5.74, 6) is 0.693. The number of nitrogens with zero attached hydrogens (tertiary/aromatic N) is 1. The molecule has 0 bridgehead atoms. The molecule has 1 heterocycles. The summed E-state index contributed by atoms with van der Waals surface area (Å²) in [4.78, 5) is 4.93. The number of rotatable bonds is 3. The van der Waals surface area contributed by atoms with Crippen molar-refractivity contribution in [2.45, 2.75) is 0 Å². The van der Waals surface area contributed by atoms with Crippen molar-refractivity contribution in [2.24, 2.45) is 5.73 Å². The maximum absolute atomic E-state index is 5.88. The van der Waals surface area contributed by atoms with Gasteiger partial charge in [0.1, 0.15) is 10.8 Å². The average molecular weight is 314 g/mol. The van der Waals surface area contributed by atoms with Crippen molar-refractivity contribution < 1.29 is 0 Å². The fourth-order valence-corrected chi connectivity index (χ4v) is 2.42. The number of pyridine rings is 1. The third-order valence-corrected chi connectivity index (χ3v) is 3.57. The van der Waals surface area contributed by atoms with E-state index < -0.39 is 0 Å². The minimum atomic E-state index is 0.354. The normalized spacial score (nSPS) is 10.5. The highest BCUT2D eigenvalue weighted by atomic mass is 35.5. The highest BCUT2D eigenvalue weighted by Crippen LogP contribution is 2.23. The van der Waals surface area contributed by atoms with Crippen LogP contribution in [-0.4, -0.2) is 9.97 Å². The predicted octanol–water partition coefficient (Wildman–Crippen LogP) is 4.27. The van der Waals surface area contributed by atoms with Crippen LogP contribution in [0.5, 0.6) is 0 Å². The van der Waals surface area contributed by atoms with Gasteiger partial charge in [0, 0.05) is 21.7 Å². The molecule has 5 heteroatoms. The molecule has 0 spiro atoms. The van der Waals surface area contributed by atoms with Gasteiger partial charge in [0.2, 0.25) is 0 Å². The lowest BCUT2D eigenvalue weighted by Crippen LogP contribution is -2.11. The van der Waals surface area contributed by atoms with Crippen LogP contribution >= 0.6 is 23.8 Å². The van der Waals surface area contributed by atoms with Gasteiger partial charge in [-0.3, -0.25) is 0 Å². The zero-order valence-electron chi connectivity index (χ0n) is 11.0. The number of para-hydroxylation sites is 1. The van der Waals surface area contributed by atoms with Gasteiger partial charge in [0.05, 0.1) is 5.52 Å². The highest BCUT2D eigenvalue weighted by Gasteiger charge is 2.08. The first kappa shape index (κ1) is 13.8. The number of fused-ring (bicyclic) bond motifs is 1. The van der Waals surface area contributed by atoms with Crippen LogP contribution < -0.4 is 11.1 Å². The second-order valence-corrected chi connectivity index (χ2v) is 5.44. The molecule has 0 amide bonds. The molecule has 0 radical (unpaired) electrons. The molecule has 104 valence electrons. The summed E-state index contributed by atoms with van der Waals surface area (Å²) < 4.78 is 0. The molecular formula is C16H12ClN3S. The number of anilines is 2. The smallest absolute Gasteiger partial charge is 0.131 e. The molecule has 3 N–H and O–H groups in total. The molecular weight excluding hydrogens is 302 g/mol. The summed E-state index contributed by atoms with van der Waals surface area (Å²) in [6.45, 7) is 0. The Balaban J connectivity index is 2.06. The lowest BCUT2D eigenvalue weighted by Gasteiger charge is -2.10. The summed E-state index contributed by atoms with van der Waals surface area (Å²) in [5, 5.41) is 4.87. The van der Waals surface area contributed by atoms with E-state index in [0.29, 0.717) is 15.8 Å². The second-order valence-electron chi connectivity index (χ2n) is 4.57. The van der Waals surface area contributed by atoms with E-state index in [0.717, 1.165) is 22.2 Å². The molecule has 1 aromatic heterocycles. The van der Waals surface area contributed by atoms with Gasteiger partial charge in [0.25, 0.3) is 0 Å². The van der Waals surface area contributed by atoms with Crippen molar-refractivity contribution >= 4 is 51.2 Å². The van der Waals surface area contributed by atoms with E-state index in [-0.39, 0.29) is 0 Å². The van der Waals surface area contributed by atoms with Crippen molar-refractivity contribution in [2.75, 3.05) is 5.32 Å². The average Bonchev–Trinajstić information content (AvgIpc) is 2.48. The van der Waals surface area contributed by atoms with Gasteiger partial charge in [-0.25, -0.2) is 4.98 Å². The first-order valence-electron chi connectivity index (χ1n) is 6.36. The van der Waals surface area contributed by atoms with Crippen molar-refractivity contribution in [1.29, 1.82) is 0 Å². The van der Waals surface area contributed by atoms with Gasteiger partial charge in [0.15, 0.2) is 0 Å². The topological polar surface area (TPSA) is 50.9 Å². The van der Waals surface area contributed by atoms with Gasteiger partial charge in [-0.2, -0.15) is 0 Å². The molecule has 21 heavy (non-hydrogen) atoms. The van der Waals surface area contributed by atoms with Crippen LogP contribution in [0.3, 0.4) is 0 Å². The Morgan fingerprint density at radius 2 is 1.81 bits per heavy atom. The molecule has 0 aliphatic carbocycles. The quantitative estimate of drug-likeness (QED) is 0.709. The highest BCUT2D eigenvalue weighted by molar-refractivity contribution is 7.80. The SMILES string of the molecule is NC(=S)c1cc(Nc2ccc(Cl)cc2)nc2ccccc12. The van der Waals surface area contributed by atoms with Crippen LogP contribution in [-0.2, 0) is 0 Å². The van der Waals surface area contributed by atoms with Crippen LogP contribution in [0.15, 0.2) is 54.6 Å². The number of nitrogens with two attached hydrogens (primary N) is 1. The van der Waals surface area contributed by atoms with E-state index >= 15 is 0 Å². The first-order chi connectivity index (χ1) is 10.1. The maximum Gasteiger partial charge on any atom is 0.131 e. The van der Waals surface area contributed by atoms with Gasteiger partial charge >= 0.3 is 0 Å². The van der Waals surface area contributed by atoms with Crippen molar-refractivity contribution in [1.82, 2.24) is 4.98 Å². The van der Waals surface area contributed by atoms with Crippen LogP contribution in [0.2, 0.25) is 5.02 Å². The summed E-state index contributed by atoms with van der Waals surface area (Å²) in [6, 6.07) is 17.0. The summed E-state index contributed by atoms with van der Waals surface area (Å²) in [7, 11) is 0. The van der Waals surface area contributed by atoms with Crippen LogP contribution in [0.1, 0.15) is 5.56 Å². The lowest BCUT2D eigenvalue weighted by molar-refractivity contribution is 1.37. The van der Waals surface area contributed by atoms with Gasteiger partial charge in [-0.05, 0) is 36.4 Å². The molecule has 3 aromatic rings. The minimum absolute atomic E-state index is 0.354. The molecule has 0 saturated heterocycles. The summed E-state index contributed by atoms with van der Waals surface area (Å²) >= 11 is 11.0. The molecule has 2 aromatic carbocycles. The third-order valence-electron chi connectivity index (χ3n) is 3.10. The van der Waals surface area contributed by atoms with Crippen LogP contribution in [0, 0.1) is 0 Å². The molecule has 0 aliphatic heterocycles. The molecule has 0 fully saturated rings. The molecule has 0 atom stereocenters. The number of thiocarbonyl (C=S) groups is 1. The van der Waals surface area contributed by atoms with Gasteiger partial charge in [-0.1, -0.05) is 42.0 Å². The first-order valence-corrected chi connectivity index (χ1v) is 7.14. The van der Waals surface area contributed by atoms with Gasteiger partial charge in [-0.15, -0.1) is 0 Å². The van der Waals surface area contributed by atoms with Crippen molar-refractivity contribution in [3.8, 4) is 0 Å². The second kappa shape index (κ2) is 5.68. The number of benzene rings is 2. The Kier molecular flexibility index (Phi) is 3.73. The standard InChI is InChI=1S/C16H12ClN3S/c17-10-5-7-11(8-6-10)19-15-9-13(16(18)21)12-3-1-2-4-14(12)20-15/h1-9H,(H2,18,21)(H,19,20). The van der Waals surface area contributed by atoms with Gasteiger partial charge < -0.3 is 11.1 Å². The Morgan fingerprint density at radius 1 is 1.10 bits per heavy atom. The number of nitrogens with one attached hydrogen (secondary N) is 1. The lowest BCUT2D eigenvalue weighted by atomic mass is 10.1. The molecule has 3 nitrogen and oxygen atoms in total. The minimum Gasteiger partial charge on any atom is -0.389 e. The fourth-order valence-electron chi connectivity index (χ4n) is 2.12. The largest absolute Gasteiger partial charge is 0.389 e. The van der Waals surface area contributed by atoms with E-state index in [1.54, 1.807) is 0 Å². The summed E-state index contributed by atoms with van der Waals surface area (Å²) in [6.07, 6.45) is 0. The number of halogens is 1. The Hall–Kier alpha value is -2.17. The predicted molar refractivity (Wildman–Crippen MR) is 92.4 cm³/mol. The van der Waals surface area contributed by atoms with E-state index in [4.69, 9.17) is 29.6 Å². The Bertz CT molecular complexity index is 815. The molecule has 3 rings (SSSR count). The Morgan fingerprint density at radius 3 is 2.52 bits per heavy atom. The monoisotopic (exact) mass is 313 g/mol. The fraction of sp³-hybridized carbons (Fsp3) is 0. The van der Waals surface area contributed by atoms with Crippen molar-refractivity contribution in [3.63, 3.8) is 0 Å². The molecule has 0 saturated carbocycles. The van der Waals surface area contributed by atoms with Crippen LogP contribution in [0.25, 0.3) is 10.9 Å². The number of hydrogen-bond acceptors (Lipinski definition) is 3. The van der Waals surface area contributed by atoms with Crippen molar-refractivity contribution in [3.05, 3.63) is 65.2 Å². The molecule has 0 aliphatic rings. The number of aromatic nitrogens is 1. The molecule has 0 unspecified atom stereocenters. The maximum atomic E-state index is 5.88. The zero-order chi connectivity index (χ0) is 14.8. The van der Waals surface area contributed by atoms with E-state index in [2.05, 4.69) is 10.3 Å². The number of hydrogen-bond donors (Lipinski definition) is 2. The Labute approximate surface area is 132 Å². The van der Waals surface area contributed by atoms with E-state index in [9.17, 15) is 0 Å². The van der Waals surface area contributed by atoms with E-state index in [1.165, 1.54) is 0 Å². The third kappa shape index (κ3) is 2.96. The zero-order valence-corrected chi connectivity index (χ0v) is 12.6. The van der Waals surface area contributed by atoms with E-state index in [1.807, 2.05) is 54.6 Å². The summed E-state index contributed by atoms with van der Waals surface area (Å²) in [5.41, 5.74) is 8.38.